The Hall–Kier alpha value is -3.93. The molecule has 0 fully saturated rings. The molecule has 3 N–H and O–H groups in total. The van der Waals surface area contributed by atoms with Crippen LogP contribution < -0.4 is 10.2 Å². The highest BCUT2D eigenvalue weighted by Crippen LogP contribution is 2.25. The molecule has 3 aromatic rings. The van der Waals surface area contributed by atoms with Gasteiger partial charge in [0.15, 0.2) is 0 Å². The fourth-order valence-electron chi connectivity index (χ4n) is 2.38. The van der Waals surface area contributed by atoms with Gasteiger partial charge in [-0.1, -0.05) is 4.91 Å². The molecule has 0 atom stereocenters. The number of nitriles is 1. The van der Waals surface area contributed by atoms with E-state index in [-0.39, 0.29) is 22.4 Å². The molecule has 1 heterocycles. The molecule has 2 aromatic carbocycles. The van der Waals surface area contributed by atoms with Crippen molar-refractivity contribution in [1.82, 2.24) is 4.73 Å². The summed E-state index contributed by atoms with van der Waals surface area (Å²) in [7, 11) is 0. The van der Waals surface area contributed by atoms with Crippen LogP contribution in [-0.4, -0.2) is 14.9 Å². The average Bonchev–Trinajstić information content (AvgIpc) is 2.60. The fourth-order valence-corrected chi connectivity index (χ4v) is 2.38. The number of nitrogen functional groups attached to an aromatic ring is 1. The van der Waals surface area contributed by atoms with Crippen molar-refractivity contribution in [2.24, 2.45) is 0 Å². The molecule has 3 rings (SSSR count). The minimum Gasteiger partial charge on any atom is -0.427 e. The van der Waals surface area contributed by atoms with E-state index in [1.165, 1.54) is 24.3 Å². The Morgan fingerprint density at radius 1 is 1.21 bits per heavy atom. The van der Waals surface area contributed by atoms with Gasteiger partial charge in [-0.3, -0.25) is 15.8 Å². The Balaban J connectivity index is 2.24. The Bertz CT molecular complexity index is 1080. The highest BCUT2D eigenvalue weighted by Gasteiger charge is 2.20. The first-order valence-corrected chi connectivity index (χ1v) is 6.69. The second kappa shape index (κ2) is 5.36. The minimum absolute atomic E-state index is 0.0475. The third-order valence-corrected chi connectivity index (χ3v) is 3.61. The normalized spacial score (nSPS) is 10.5. The van der Waals surface area contributed by atoms with Gasteiger partial charge in [0, 0.05) is 16.6 Å². The van der Waals surface area contributed by atoms with Crippen molar-refractivity contribution in [2.45, 2.75) is 0 Å². The van der Waals surface area contributed by atoms with Gasteiger partial charge >= 0.3 is 5.82 Å². The Morgan fingerprint density at radius 2 is 1.83 bits per heavy atom. The monoisotopic (exact) mass is 324 g/mol. The first kappa shape index (κ1) is 15.0. The zero-order valence-corrected chi connectivity index (χ0v) is 12.1. The van der Waals surface area contributed by atoms with Gasteiger partial charge in [0.1, 0.15) is 11.6 Å². The molecule has 118 valence electrons. The number of nitro groups is 1. The van der Waals surface area contributed by atoms with Gasteiger partial charge in [0.2, 0.25) is 11.2 Å². The van der Waals surface area contributed by atoms with Gasteiger partial charge < -0.3 is 5.21 Å². The number of aromatic nitrogens is 2. The molecule has 24 heavy (non-hydrogen) atoms. The third-order valence-electron chi connectivity index (χ3n) is 3.61. The van der Waals surface area contributed by atoms with Crippen LogP contribution in [0.3, 0.4) is 0 Å². The molecule has 0 saturated carbocycles. The lowest BCUT2D eigenvalue weighted by molar-refractivity contribution is -0.448. The van der Waals surface area contributed by atoms with Crippen molar-refractivity contribution in [3.8, 4) is 17.2 Å². The van der Waals surface area contributed by atoms with Crippen LogP contribution in [0.25, 0.3) is 22.2 Å². The van der Waals surface area contributed by atoms with Crippen LogP contribution >= 0.6 is 0 Å². The largest absolute Gasteiger partial charge is 0.427 e. The molecule has 9 heteroatoms. The summed E-state index contributed by atoms with van der Waals surface area (Å²) in [4.78, 5) is 22.3. The predicted molar refractivity (Wildman–Crippen MR) is 83.7 cm³/mol. The van der Waals surface area contributed by atoms with Gasteiger partial charge in [-0.15, -0.1) is 0 Å². The van der Waals surface area contributed by atoms with E-state index >= 15 is 0 Å². The SMILES string of the molecule is N#Cc1c(N)[n+](=O)c2ccc(-c3ccc([N+](=O)[O-])cc3)cc2n1O. The van der Waals surface area contributed by atoms with Crippen molar-refractivity contribution in [3.63, 3.8) is 0 Å². The molecule has 0 aliphatic rings. The van der Waals surface area contributed by atoms with Crippen LogP contribution in [0, 0.1) is 26.4 Å². The number of benzene rings is 2. The Kier molecular flexibility index (Phi) is 3.35. The maximum Gasteiger partial charge on any atom is 0.356 e. The van der Waals surface area contributed by atoms with Crippen molar-refractivity contribution in [1.29, 1.82) is 5.26 Å². The number of anilines is 1. The van der Waals surface area contributed by atoms with Gasteiger partial charge in [0.05, 0.1) is 4.92 Å². The lowest BCUT2D eigenvalue weighted by atomic mass is 10.0. The summed E-state index contributed by atoms with van der Waals surface area (Å²) in [5.74, 6) is -0.407. The number of nitro benzene ring substituents is 1. The first-order chi connectivity index (χ1) is 11.4. The molecule has 1 aromatic heterocycles. The van der Waals surface area contributed by atoms with E-state index < -0.39 is 10.7 Å². The van der Waals surface area contributed by atoms with E-state index in [4.69, 9.17) is 11.0 Å². The number of non-ortho nitro benzene ring substituents is 1. The van der Waals surface area contributed by atoms with Crippen LogP contribution in [-0.2, 0) is 0 Å². The first-order valence-electron chi connectivity index (χ1n) is 6.69. The van der Waals surface area contributed by atoms with Crippen molar-refractivity contribution in [2.75, 3.05) is 5.73 Å². The second-order valence-electron chi connectivity index (χ2n) is 4.96. The maximum absolute atomic E-state index is 12.1. The molecule has 0 bridgehead atoms. The molecule has 9 nitrogen and oxygen atoms in total. The summed E-state index contributed by atoms with van der Waals surface area (Å²) in [6, 6.07) is 12.0. The minimum atomic E-state index is -0.506. The highest BCUT2D eigenvalue weighted by molar-refractivity contribution is 5.81. The van der Waals surface area contributed by atoms with E-state index in [9.17, 15) is 20.2 Å². The molecule has 0 unspecified atom stereocenters. The van der Waals surface area contributed by atoms with E-state index in [0.29, 0.717) is 20.3 Å². The number of nitrogens with zero attached hydrogens (tertiary/aromatic N) is 4. The van der Waals surface area contributed by atoms with E-state index in [2.05, 4.69) is 0 Å². The van der Waals surface area contributed by atoms with Gasteiger partial charge in [-0.05, 0) is 41.5 Å². The second-order valence-corrected chi connectivity index (χ2v) is 4.96. The van der Waals surface area contributed by atoms with Gasteiger partial charge in [0.25, 0.3) is 5.69 Å². The number of fused-ring (bicyclic) bond motifs is 1. The summed E-state index contributed by atoms with van der Waals surface area (Å²) in [6.07, 6.45) is 0. The lowest BCUT2D eigenvalue weighted by Crippen LogP contribution is -2.26. The average molecular weight is 324 g/mol. The molecular formula is C15H10N5O4+. The maximum atomic E-state index is 12.1. The van der Waals surface area contributed by atoms with E-state index in [0.717, 1.165) is 0 Å². The van der Waals surface area contributed by atoms with Crippen LogP contribution in [0.4, 0.5) is 11.5 Å². The molecule has 0 radical (unpaired) electrons. The Morgan fingerprint density at radius 3 is 2.42 bits per heavy atom. The number of rotatable bonds is 2. The number of hydrogen-bond acceptors (Lipinski definition) is 6. The summed E-state index contributed by atoms with van der Waals surface area (Å²) in [5.41, 5.74) is 6.54. The van der Waals surface area contributed by atoms with Crippen LogP contribution in [0.2, 0.25) is 0 Å². The Labute approximate surface area is 134 Å². The number of hydrogen-bond donors (Lipinski definition) is 2. The van der Waals surface area contributed by atoms with Gasteiger partial charge in [-0.2, -0.15) is 9.99 Å². The molecular weight excluding hydrogens is 314 g/mol. The molecule has 0 saturated heterocycles. The standard InChI is InChI=1S/C15H10N5O4/c16-8-14-15(17)19(22)12-6-3-10(7-13(12)18(14)21)9-1-4-11(5-2-9)20(23)24/h1-7,21H,17H2/q+1. The fraction of sp³-hybridized carbons (Fsp3) is 0. The molecule has 0 aliphatic heterocycles. The molecule has 0 amide bonds. The van der Waals surface area contributed by atoms with Gasteiger partial charge in [-0.25, -0.2) is 0 Å². The highest BCUT2D eigenvalue weighted by atomic mass is 16.6. The summed E-state index contributed by atoms with van der Waals surface area (Å²) in [6.45, 7) is 0. The third kappa shape index (κ3) is 2.19. The zero-order valence-electron chi connectivity index (χ0n) is 12.1. The van der Waals surface area contributed by atoms with Crippen molar-refractivity contribution in [3.05, 3.63) is 63.2 Å². The van der Waals surface area contributed by atoms with Crippen LogP contribution in [0.15, 0.2) is 42.5 Å². The summed E-state index contributed by atoms with van der Waals surface area (Å²) < 4.78 is 0.911. The quantitative estimate of drug-likeness (QED) is 0.319. The topological polar surface area (TPSA) is 141 Å². The molecule has 0 spiro atoms. The smallest absolute Gasteiger partial charge is 0.356 e. The molecule has 0 aliphatic carbocycles. The van der Waals surface area contributed by atoms with E-state index in [1.807, 2.05) is 0 Å². The lowest BCUT2D eigenvalue weighted by Gasteiger charge is -2.07. The predicted octanol–water partition coefficient (Wildman–Crippen LogP) is 1.82. The van der Waals surface area contributed by atoms with Crippen LogP contribution in [0.1, 0.15) is 5.69 Å². The van der Waals surface area contributed by atoms with E-state index in [1.54, 1.807) is 24.3 Å². The van der Waals surface area contributed by atoms with Crippen LogP contribution in [0.5, 0.6) is 0 Å². The summed E-state index contributed by atoms with van der Waals surface area (Å²) in [5, 5.41) is 29.8. The van der Waals surface area contributed by atoms with Crippen molar-refractivity contribution < 1.29 is 14.6 Å². The summed E-state index contributed by atoms with van der Waals surface area (Å²) >= 11 is 0. The zero-order chi connectivity index (χ0) is 17.4. The van der Waals surface area contributed by atoms with Crippen molar-refractivity contribution >= 4 is 22.5 Å². The number of nitrogens with two attached hydrogens (primary N) is 1.